The van der Waals surface area contributed by atoms with Crippen molar-refractivity contribution in [3.8, 4) is 0 Å². The van der Waals surface area contributed by atoms with Gasteiger partial charge in [0.25, 0.3) is 0 Å². The second-order valence-corrected chi connectivity index (χ2v) is 5.45. The summed E-state index contributed by atoms with van der Waals surface area (Å²) in [6.45, 7) is 4.58. The summed E-state index contributed by atoms with van der Waals surface area (Å²) < 4.78 is 0. The molecule has 1 aromatic carbocycles. The van der Waals surface area contributed by atoms with Crippen molar-refractivity contribution in [2.75, 3.05) is 0 Å². The molecule has 0 aliphatic carbocycles. The van der Waals surface area contributed by atoms with Gasteiger partial charge in [0.1, 0.15) is 0 Å². The average Bonchev–Trinajstić information content (AvgIpc) is 2.41. The van der Waals surface area contributed by atoms with E-state index in [4.69, 9.17) is 0 Å². The van der Waals surface area contributed by atoms with Crippen LogP contribution in [0.4, 0.5) is 0 Å². The van der Waals surface area contributed by atoms with Gasteiger partial charge in [-0.15, -0.1) is 0 Å². The number of hydrogen-bond donors (Lipinski definition) is 0. The molecule has 0 nitrogen and oxygen atoms in total. The van der Waals surface area contributed by atoms with Crippen LogP contribution in [-0.2, 0) is 6.42 Å². The number of unbranched alkanes of at least 4 members (excludes halogenated alkanes) is 4. The third-order valence-corrected chi connectivity index (χ3v) is 3.71. The van der Waals surface area contributed by atoms with Gasteiger partial charge >= 0.3 is 0 Å². The molecule has 0 heteroatoms. The van der Waals surface area contributed by atoms with Crippen molar-refractivity contribution in [3.63, 3.8) is 0 Å². The lowest BCUT2D eigenvalue weighted by Crippen LogP contribution is -2.05. The first kappa shape index (κ1) is 15.3. The summed E-state index contributed by atoms with van der Waals surface area (Å²) in [6.07, 6.45) is 12.3. The first-order valence-corrected chi connectivity index (χ1v) is 7.82. The van der Waals surface area contributed by atoms with E-state index in [0.29, 0.717) is 0 Å². The Kier molecular flexibility index (Phi) is 8.63. The summed E-state index contributed by atoms with van der Waals surface area (Å²) >= 11 is 0. The fraction of sp³-hybridized carbons (Fsp3) is 0.667. The number of rotatable bonds is 10. The molecule has 1 rings (SSSR count). The smallest absolute Gasteiger partial charge is 0.0149 e. The standard InChI is InChI=1S/C18H29/c1-3-5-7-9-13-17(12-6-4-2)16-18-14-10-8-11-15-18/h8,10-11,14,17H,3-7,9,12-13,16H2,1-2H3. The Morgan fingerprint density at radius 1 is 0.944 bits per heavy atom. The maximum Gasteiger partial charge on any atom is -0.0149 e. The summed E-state index contributed by atoms with van der Waals surface area (Å²) in [5.74, 6) is 0.875. The Morgan fingerprint density at radius 3 is 2.39 bits per heavy atom. The van der Waals surface area contributed by atoms with Gasteiger partial charge in [-0.1, -0.05) is 89.5 Å². The van der Waals surface area contributed by atoms with Crippen LogP contribution in [0.5, 0.6) is 0 Å². The summed E-state index contributed by atoms with van der Waals surface area (Å²) in [7, 11) is 0. The van der Waals surface area contributed by atoms with Crippen LogP contribution in [0, 0.1) is 12.0 Å². The Bertz CT molecular complexity index is 275. The predicted molar refractivity (Wildman–Crippen MR) is 80.8 cm³/mol. The topological polar surface area (TPSA) is 0 Å². The predicted octanol–water partition coefficient (Wildman–Crippen LogP) is 5.81. The van der Waals surface area contributed by atoms with Crippen LogP contribution in [-0.4, -0.2) is 0 Å². The van der Waals surface area contributed by atoms with Crippen molar-refractivity contribution in [1.82, 2.24) is 0 Å². The van der Waals surface area contributed by atoms with E-state index in [1.165, 1.54) is 63.4 Å². The lowest BCUT2D eigenvalue weighted by atomic mass is 9.89. The molecule has 0 heterocycles. The van der Waals surface area contributed by atoms with E-state index in [9.17, 15) is 0 Å². The van der Waals surface area contributed by atoms with E-state index < -0.39 is 0 Å². The van der Waals surface area contributed by atoms with Crippen molar-refractivity contribution < 1.29 is 0 Å². The average molecular weight is 245 g/mol. The zero-order chi connectivity index (χ0) is 13.1. The molecule has 1 aromatic rings. The Hall–Kier alpha value is -0.780. The van der Waals surface area contributed by atoms with Gasteiger partial charge in [0, 0.05) is 0 Å². The van der Waals surface area contributed by atoms with Crippen molar-refractivity contribution in [1.29, 1.82) is 0 Å². The molecule has 0 saturated carbocycles. The summed E-state index contributed by atoms with van der Waals surface area (Å²) in [5.41, 5.74) is 1.40. The van der Waals surface area contributed by atoms with Gasteiger partial charge in [-0.2, -0.15) is 0 Å². The highest BCUT2D eigenvalue weighted by molar-refractivity contribution is 5.13. The molecule has 101 valence electrons. The SMILES string of the molecule is CCCCCCC(CCCC)Cc1[c]cccc1. The molecule has 1 atom stereocenters. The molecule has 18 heavy (non-hydrogen) atoms. The van der Waals surface area contributed by atoms with Crippen molar-refractivity contribution in [2.24, 2.45) is 5.92 Å². The van der Waals surface area contributed by atoms with Crippen LogP contribution >= 0.6 is 0 Å². The van der Waals surface area contributed by atoms with Gasteiger partial charge < -0.3 is 0 Å². The summed E-state index contributed by atoms with van der Waals surface area (Å²) in [6, 6.07) is 11.8. The third-order valence-electron chi connectivity index (χ3n) is 3.71. The van der Waals surface area contributed by atoms with Crippen LogP contribution in [0.3, 0.4) is 0 Å². The maximum absolute atomic E-state index is 3.38. The monoisotopic (exact) mass is 245 g/mol. The molecule has 0 aliphatic heterocycles. The first-order chi connectivity index (χ1) is 8.86. The lowest BCUT2D eigenvalue weighted by Gasteiger charge is -2.16. The van der Waals surface area contributed by atoms with Gasteiger partial charge in [0.2, 0.25) is 0 Å². The van der Waals surface area contributed by atoms with Gasteiger partial charge in [-0.25, -0.2) is 0 Å². The van der Waals surface area contributed by atoms with Gasteiger partial charge in [-0.05, 0) is 24.0 Å². The fourth-order valence-electron chi connectivity index (χ4n) is 2.57. The highest BCUT2D eigenvalue weighted by atomic mass is 14.1. The second-order valence-electron chi connectivity index (χ2n) is 5.45. The highest BCUT2D eigenvalue weighted by Crippen LogP contribution is 2.21. The normalized spacial score (nSPS) is 12.6. The van der Waals surface area contributed by atoms with Gasteiger partial charge in [-0.3, -0.25) is 0 Å². The largest absolute Gasteiger partial charge is 0.0654 e. The highest BCUT2D eigenvalue weighted by Gasteiger charge is 2.09. The molecule has 0 fully saturated rings. The van der Waals surface area contributed by atoms with Crippen LogP contribution in [0.15, 0.2) is 24.3 Å². The molecule has 0 N–H and O–H groups in total. The summed E-state index contributed by atoms with van der Waals surface area (Å²) in [5, 5.41) is 0. The van der Waals surface area contributed by atoms with E-state index in [0.717, 1.165) is 5.92 Å². The van der Waals surface area contributed by atoms with Crippen LogP contribution in [0.1, 0.15) is 70.8 Å². The van der Waals surface area contributed by atoms with Gasteiger partial charge in [0.05, 0.1) is 0 Å². The molecule has 0 saturated heterocycles. The zero-order valence-corrected chi connectivity index (χ0v) is 12.3. The molecule has 1 radical (unpaired) electrons. The van der Waals surface area contributed by atoms with E-state index in [-0.39, 0.29) is 0 Å². The Morgan fingerprint density at radius 2 is 1.72 bits per heavy atom. The molecule has 0 bridgehead atoms. The minimum absolute atomic E-state index is 0.875. The quantitative estimate of drug-likeness (QED) is 0.457. The maximum atomic E-state index is 3.38. The Balaban J connectivity index is 2.35. The first-order valence-electron chi connectivity index (χ1n) is 7.82. The molecule has 1 unspecified atom stereocenters. The van der Waals surface area contributed by atoms with Crippen LogP contribution in [0.25, 0.3) is 0 Å². The number of hydrogen-bond acceptors (Lipinski definition) is 0. The molecule has 0 amide bonds. The second kappa shape index (κ2) is 10.2. The van der Waals surface area contributed by atoms with E-state index in [2.05, 4.69) is 38.1 Å². The lowest BCUT2D eigenvalue weighted by molar-refractivity contribution is 0.410. The molecule has 0 aromatic heterocycles. The van der Waals surface area contributed by atoms with Crippen molar-refractivity contribution in [3.05, 3.63) is 35.9 Å². The van der Waals surface area contributed by atoms with Crippen LogP contribution in [0.2, 0.25) is 0 Å². The third kappa shape index (κ3) is 6.83. The van der Waals surface area contributed by atoms with Gasteiger partial charge in [0.15, 0.2) is 0 Å². The zero-order valence-electron chi connectivity index (χ0n) is 12.3. The van der Waals surface area contributed by atoms with E-state index >= 15 is 0 Å². The molecule has 0 spiro atoms. The van der Waals surface area contributed by atoms with Crippen molar-refractivity contribution >= 4 is 0 Å². The fourth-order valence-corrected chi connectivity index (χ4v) is 2.57. The van der Waals surface area contributed by atoms with Crippen molar-refractivity contribution in [2.45, 2.75) is 71.6 Å². The molecular formula is C18H29. The van der Waals surface area contributed by atoms with E-state index in [1.54, 1.807) is 0 Å². The van der Waals surface area contributed by atoms with E-state index in [1.807, 2.05) is 6.07 Å². The number of benzene rings is 1. The Labute approximate surface area is 114 Å². The van der Waals surface area contributed by atoms with Crippen LogP contribution < -0.4 is 0 Å². The molecule has 0 aliphatic rings. The summed E-state index contributed by atoms with van der Waals surface area (Å²) in [4.78, 5) is 0. The minimum atomic E-state index is 0.875. The molecular weight excluding hydrogens is 216 g/mol. The minimum Gasteiger partial charge on any atom is -0.0654 e.